The smallest absolute Gasteiger partial charge is 0.253 e. The molecule has 0 saturated carbocycles. The zero-order valence-corrected chi connectivity index (χ0v) is 17.3. The van der Waals surface area contributed by atoms with Crippen LogP contribution in [0.3, 0.4) is 0 Å². The number of pyridine rings is 1. The molecule has 0 atom stereocenters. The van der Waals surface area contributed by atoms with Crippen LogP contribution in [0.5, 0.6) is 11.5 Å². The maximum atomic E-state index is 12.5. The predicted octanol–water partition coefficient (Wildman–Crippen LogP) is 2.54. The summed E-state index contributed by atoms with van der Waals surface area (Å²) >= 11 is 0. The number of nitrogens with one attached hydrogen (secondary N) is 2. The monoisotopic (exact) mass is 420 g/mol. The fourth-order valence-electron chi connectivity index (χ4n) is 4.04. The van der Waals surface area contributed by atoms with Gasteiger partial charge in [-0.25, -0.2) is 0 Å². The number of aromatic amines is 1. The lowest BCUT2D eigenvalue weighted by Gasteiger charge is -2.35. The van der Waals surface area contributed by atoms with Crippen molar-refractivity contribution in [2.75, 3.05) is 43.2 Å². The van der Waals surface area contributed by atoms with Gasteiger partial charge in [0.1, 0.15) is 0 Å². The molecular weight excluding hydrogens is 396 g/mol. The Kier molecular flexibility index (Phi) is 4.89. The molecule has 0 bridgehead atoms. The Labute approximate surface area is 179 Å². The third kappa shape index (κ3) is 3.88. The molecule has 1 fully saturated rings. The van der Waals surface area contributed by atoms with E-state index in [1.165, 1.54) is 0 Å². The number of nitrogens with zero attached hydrogens (tertiary/aromatic N) is 2. The largest absolute Gasteiger partial charge is 0.454 e. The van der Waals surface area contributed by atoms with E-state index in [0.717, 1.165) is 48.5 Å². The summed E-state index contributed by atoms with van der Waals surface area (Å²) in [6.07, 6.45) is 0. The van der Waals surface area contributed by atoms with Gasteiger partial charge in [0.25, 0.3) is 5.56 Å². The summed E-state index contributed by atoms with van der Waals surface area (Å²) in [5.74, 6) is 1.48. The Balaban J connectivity index is 1.25. The summed E-state index contributed by atoms with van der Waals surface area (Å²) in [4.78, 5) is 31.0. The summed E-state index contributed by atoms with van der Waals surface area (Å²) in [6, 6.07) is 13.7. The number of fused-ring (bicyclic) bond motifs is 2. The molecule has 1 aromatic heterocycles. The second-order valence-electron chi connectivity index (χ2n) is 7.81. The van der Waals surface area contributed by atoms with Gasteiger partial charge < -0.3 is 29.6 Å². The summed E-state index contributed by atoms with van der Waals surface area (Å²) in [6.45, 7) is 5.39. The average Bonchev–Trinajstić information content (AvgIpc) is 3.24. The van der Waals surface area contributed by atoms with E-state index in [4.69, 9.17) is 9.47 Å². The predicted molar refractivity (Wildman–Crippen MR) is 119 cm³/mol. The first-order valence-corrected chi connectivity index (χ1v) is 10.4. The topological polar surface area (TPSA) is 86.9 Å². The highest BCUT2D eigenvalue weighted by Gasteiger charge is 2.19. The normalized spacial score (nSPS) is 15.4. The molecule has 5 rings (SSSR count). The molecule has 3 aromatic rings. The Morgan fingerprint density at radius 2 is 1.74 bits per heavy atom. The number of amides is 1. The van der Waals surface area contributed by atoms with Crippen molar-refractivity contribution in [3.8, 4) is 11.5 Å². The highest BCUT2D eigenvalue weighted by atomic mass is 16.7. The SMILES string of the molecule is CC(=O)N1CCN(c2ccc(NCc3cc4cc5c(cc4[nH]c3=O)OCO5)cc2)CC1. The van der Waals surface area contributed by atoms with Crippen LogP contribution in [0.1, 0.15) is 12.5 Å². The van der Waals surface area contributed by atoms with Crippen molar-refractivity contribution >= 4 is 28.2 Å². The number of benzene rings is 2. The standard InChI is InChI=1S/C23H24N4O4/c1-15(28)26-6-8-27(9-7-26)19-4-2-18(3-5-19)24-13-17-10-16-11-21-22(31-14-30-21)12-20(16)25-23(17)29/h2-5,10-12,24H,6-9,13-14H2,1H3,(H,25,29). The minimum absolute atomic E-state index is 0.126. The van der Waals surface area contributed by atoms with Gasteiger partial charge in [0.15, 0.2) is 11.5 Å². The first-order valence-electron chi connectivity index (χ1n) is 10.4. The lowest BCUT2D eigenvalue weighted by atomic mass is 10.1. The highest BCUT2D eigenvalue weighted by Crippen LogP contribution is 2.35. The van der Waals surface area contributed by atoms with Gasteiger partial charge in [0, 0.05) is 68.0 Å². The van der Waals surface area contributed by atoms with Crippen molar-refractivity contribution in [3.63, 3.8) is 0 Å². The van der Waals surface area contributed by atoms with Crippen LogP contribution in [0.15, 0.2) is 47.3 Å². The fraction of sp³-hybridized carbons (Fsp3) is 0.304. The molecule has 3 heterocycles. The second-order valence-corrected chi connectivity index (χ2v) is 7.81. The number of H-pyrrole nitrogens is 1. The van der Waals surface area contributed by atoms with Gasteiger partial charge in [0.2, 0.25) is 12.7 Å². The molecule has 0 unspecified atom stereocenters. The van der Waals surface area contributed by atoms with E-state index in [2.05, 4.69) is 27.3 Å². The lowest BCUT2D eigenvalue weighted by Crippen LogP contribution is -2.48. The van der Waals surface area contributed by atoms with Crippen LogP contribution in [0.25, 0.3) is 10.9 Å². The average molecular weight is 420 g/mol. The van der Waals surface area contributed by atoms with Crippen molar-refractivity contribution < 1.29 is 14.3 Å². The number of piperazine rings is 1. The molecule has 2 aromatic carbocycles. The van der Waals surface area contributed by atoms with Crippen LogP contribution in [-0.2, 0) is 11.3 Å². The third-order valence-corrected chi connectivity index (χ3v) is 5.85. The van der Waals surface area contributed by atoms with Gasteiger partial charge in [-0.3, -0.25) is 9.59 Å². The summed E-state index contributed by atoms with van der Waals surface area (Å²) in [7, 11) is 0. The van der Waals surface area contributed by atoms with Crippen LogP contribution in [0, 0.1) is 0 Å². The second kappa shape index (κ2) is 7.86. The molecule has 1 saturated heterocycles. The van der Waals surface area contributed by atoms with Crippen LogP contribution in [0.2, 0.25) is 0 Å². The molecule has 8 nitrogen and oxygen atoms in total. The van der Waals surface area contributed by atoms with Gasteiger partial charge in [-0.05, 0) is 36.4 Å². The molecule has 0 radical (unpaired) electrons. The van der Waals surface area contributed by atoms with E-state index >= 15 is 0 Å². The Hall–Kier alpha value is -3.68. The molecule has 31 heavy (non-hydrogen) atoms. The molecule has 0 aliphatic carbocycles. The highest BCUT2D eigenvalue weighted by molar-refractivity contribution is 5.83. The molecule has 0 spiro atoms. The van der Waals surface area contributed by atoms with E-state index in [0.29, 0.717) is 23.6 Å². The number of ether oxygens (including phenoxy) is 2. The maximum absolute atomic E-state index is 12.5. The molecule has 8 heteroatoms. The Bertz CT molecular complexity index is 1180. The van der Waals surface area contributed by atoms with Crippen LogP contribution >= 0.6 is 0 Å². The number of hydrogen-bond acceptors (Lipinski definition) is 6. The number of carbonyl (C=O) groups excluding carboxylic acids is 1. The minimum Gasteiger partial charge on any atom is -0.454 e. The van der Waals surface area contributed by atoms with Crippen molar-refractivity contribution in [1.29, 1.82) is 0 Å². The maximum Gasteiger partial charge on any atom is 0.253 e. The Morgan fingerprint density at radius 3 is 2.45 bits per heavy atom. The molecular formula is C23H24N4O4. The number of aromatic nitrogens is 1. The quantitative estimate of drug-likeness (QED) is 0.675. The van der Waals surface area contributed by atoms with E-state index < -0.39 is 0 Å². The van der Waals surface area contributed by atoms with Crippen LogP contribution < -0.4 is 25.2 Å². The third-order valence-electron chi connectivity index (χ3n) is 5.85. The van der Waals surface area contributed by atoms with E-state index in [-0.39, 0.29) is 18.3 Å². The summed E-state index contributed by atoms with van der Waals surface area (Å²) < 4.78 is 10.8. The number of carbonyl (C=O) groups is 1. The molecule has 2 aliphatic rings. The minimum atomic E-state index is -0.126. The van der Waals surface area contributed by atoms with Crippen molar-refractivity contribution in [1.82, 2.24) is 9.88 Å². The van der Waals surface area contributed by atoms with Crippen molar-refractivity contribution in [2.45, 2.75) is 13.5 Å². The summed E-state index contributed by atoms with van der Waals surface area (Å²) in [5, 5.41) is 4.23. The van der Waals surface area contributed by atoms with Gasteiger partial charge in [-0.2, -0.15) is 0 Å². The van der Waals surface area contributed by atoms with E-state index in [1.54, 1.807) is 13.0 Å². The molecule has 2 N–H and O–H groups in total. The van der Waals surface area contributed by atoms with E-state index in [9.17, 15) is 9.59 Å². The molecule has 160 valence electrons. The van der Waals surface area contributed by atoms with Crippen molar-refractivity contribution in [2.24, 2.45) is 0 Å². The fourth-order valence-corrected chi connectivity index (χ4v) is 4.04. The lowest BCUT2D eigenvalue weighted by molar-refractivity contribution is -0.129. The summed E-state index contributed by atoms with van der Waals surface area (Å²) in [5.41, 5.74) is 3.33. The first-order chi connectivity index (χ1) is 15.1. The van der Waals surface area contributed by atoms with Crippen LogP contribution in [0.4, 0.5) is 11.4 Å². The molecule has 1 amide bonds. The Morgan fingerprint density at radius 1 is 1.03 bits per heavy atom. The van der Waals surface area contributed by atoms with Crippen molar-refractivity contribution in [3.05, 3.63) is 58.4 Å². The zero-order chi connectivity index (χ0) is 21.4. The van der Waals surface area contributed by atoms with Gasteiger partial charge in [0.05, 0.1) is 5.52 Å². The number of anilines is 2. The zero-order valence-electron chi connectivity index (χ0n) is 17.3. The van der Waals surface area contributed by atoms with Gasteiger partial charge in [-0.15, -0.1) is 0 Å². The van der Waals surface area contributed by atoms with Gasteiger partial charge in [-0.1, -0.05) is 0 Å². The number of hydrogen-bond donors (Lipinski definition) is 2. The number of rotatable bonds is 4. The molecule has 2 aliphatic heterocycles. The van der Waals surface area contributed by atoms with Crippen LogP contribution in [-0.4, -0.2) is 48.8 Å². The first kappa shape index (κ1) is 19.3. The van der Waals surface area contributed by atoms with E-state index in [1.807, 2.05) is 29.2 Å². The van der Waals surface area contributed by atoms with Gasteiger partial charge >= 0.3 is 0 Å².